The minimum absolute atomic E-state index is 0.00364. The van der Waals surface area contributed by atoms with Gasteiger partial charge in [0.15, 0.2) is 23.2 Å². The Labute approximate surface area is 211 Å². The molecular weight excluding hydrogens is 468 g/mol. The van der Waals surface area contributed by atoms with E-state index in [4.69, 9.17) is 9.47 Å². The minimum atomic E-state index is -1.08. The van der Waals surface area contributed by atoms with Crippen molar-refractivity contribution in [3.63, 3.8) is 0 Å². The van der Waals surface area contributed by atoms with Crippen LogP contribution in [0.15, 0.2) is 54.1 Å². The molecule has 1 unspecified atom stereocenters. The van der Waals surface area contributed by atoms with Gasteiger partial charge in [-0.05, 0) is 67.7 Å². The van der Waals surface area contributed by atoms with Crippen LogP contribution in [-0.2, 0) is 4.74 Å². The molecule has 0 aromatic heterocycles. The highest BCUT2D eigenvalue weighted by Crippen LogP contribution is 2.40. The van der Waals surface area contributed by atoms with Crippen molar-refractivity contribution in [2.75, 3.05) is 13.2 Å². The molecule has 36 heavy (non-hydrogen) atoms. The molecule has 1 fully saturated rings. The van der Waals surface area contributed by atoms with E-state index in [1.165, 1.54) is 74.9 Å². The first-order chi connectivity index (χ1) is 17.4. The summed E-state index contributed by atoms with van der Waals surface area (Å²) in [6.07, 6.45) is 9.72. The Kier molecular flexibility index (Phi) is 8.76. The molecule has 2 aliphatic rings. The van der Waals surface area contributed by atoms with Gasteiger partial charge in [-0.2, -0.15) is 8.78 Å². The smallest absolute Gasteiger partial charge is 0.201 e. The second-order valence-electron chi connectivity index (χ2n) is 9.82. The lowest BCUT2D eigenvalue weighted by molar-refractivity contribution is 0.0872. The Morgan fingerprint density at radius 1 is 0.889 bits per heavy atom. The van der Waals surface area contributed by atoms with Crippen molar-refractivity contribution < 1.29 is 27.0 Å². The van der Waals surface area contributed by atoms with E-state index >= 15 is 0 Å². The van der Waals surface area contributed by atoms with Crippen LogP contribution in [0.25, 0.3) is 17.0 Å². The van der Waals surface area contributed by atoms with Gasteiger partial charge >= 0.3 is 0 Å². The van der Waals surface area contributed by atoms with Gasteiger partial charge in [-0.15, -0.1) is 0 Å². The van der Waals surface area contributed by atoms with E-state index in [-0.39, 0.29) is 29.2 Å². The van der Waals surface area contributed by atoms with Crippen molar-refractivity contribution in [3.8, 4) is 16.9 Å². The van der Waals surface area contributed by atoms with Gasteiger partial charge in [-0.3, -0.25) is 0 Å². The first-order valence-corrected chi connectivity index (χ1v) is 13.0. The Hall–Kier alpha value is -2.76. The van der Waals surface area contributed by atoms with E-state index in [9.17, 15) is 17.6 Å². The Bertz CT molecular complexity index is 1100. The number of allylic oxidation sites excluding steroid dienone is 2. The average molecular weight is 503 g/mol. The largest absolute Gasteiger partial charge is 0.491 e. The molecule has 194 valence electrons. The maximum Gasteiger partial charge on any atom is 0.201 e. The van der Waals surface area contributed by atoms with Gasteiger partial charge in [0.25, 0.3) is 0 Å². The van der Waals surface area contributed by atoms with Crippen LogP contribution in [0.5, 0.6) is 5.75 Å². The van der Waals surface area contributed by atoms with Crippen LogP contribution in [0, 0.1) is 29.4 Å². The van der Waals surface area contributed by atoms with Crippen molar-refractivity contribution in [3.05, 3.63) is 71.3 Å². The van der Waals surface area contributed by atoms with Crippen molar-refractivity contribution in [1.82, 2.24) is 0 Å². The molecule has 1 atom stereocenters. The minimum Gasteiger partial charge on any atom is -0.491 e. The lowest BCUT2D eigenvalue weighted by Crippen LogP contribution is -2.27. The maximum absolute atomic E-state index is 14.9. The van der Waals surface area contributed by atoms with Crippen LogP contribution in [0.1, 0.15) is 64.4 Å². The predicted molar refractivity (Wildman–Crippen MR) is 135 cm³/mol. The van der Waals surface area contributed by atoms with Crippen LogP contribution in [0.2, 0.25) is 0 Å². The van der Waals surface area contributed by atoms with Crippen LogP contribution >= 0.6 is 0 Å². The summed E-state index contributed by atoms with van der Waals surface area (Å²) in [5.74, 6) is -2.69. The van der Waals surface area contributed by atoms with Crippen molar-refractivity contribution >= 4 is 5.83 Å². The van der Waals surface area contributed by atoms with Crippen molar-refractivity contribution in [2.45, 2.75) is 58.8 Å². The van der Waals surface area contributed by atoms with E-state index in [1.807, 2.05) is 0 Å². The third-order valence-corrected chi connectivity index (χ3v) is 7.52. The number of hydrogen-bond acceptors (Lipinski definition) is 2. The second kappa shape index (κ2) is 12.0. The summed E-state index contributed by atoms with van der Waals surface area (Å²) in [6, 6.07) is 8.31. The molecule has 0 saturated heterocycles. The number of rotatable bonds is 8. The number of halogens is 4. The molecule has 0 spiro atoms. The third-order valence-electron chi connectivity index (χ3n) is 7.52. The third kappa shape index (κ3) is 5.79. The van der Waals surface area contributed by atoms with Gasteiger partial charge in [0.1, 0.15) is 0 Å². The van der Waals surface area contributed by atoms with E-state index < -0.39 is 23.3 Å². The fraction of sp³-hybridized carbons (Fsp3) is 0.467. The zero-order chi connectivity index (χ0) is 25.7. The molecule has 0 N–H and O–H groups in total. The summed E-state index contributed by atoms with van der Waals surface area (Å²) >= 11 is 0. The Morgan fingerprint density at radius 3 is 2.22 bits per heavy atom. The van der Waals surface area contributed by atoms with E-state index in [1.54, 1.807) is 13.0 Å². The monoisotopic (exact) mass is 502 g/mol. The Balaban J connectivity index is 1.43. The number of benzene rings is 2. The van der Waals surface area contributed by atoms with E-state index in [2.05, 4.69) is 6.92 Å². The molecule has 1 aliphatic carbocycles. The molecule has 1 aliphatic heterocycles. The molecule has 1 saturated carbocycles. The van der Waals surface area contributed by atoms with E-state index in [0.29, 0.717) is 30.4 Å². The van der Waals surface area contributed by atoms with Gasteiger partial charge in [-0.1, -0.05) is 56.9 Å². The van der Waals surface area contributed by atoms with Crippen LogP contribution in [0.4, 0.5) is 17.6 Å². The van der Waals surface area contributed by atoms with E-state index in [0.717, 1.165) is 5.92 Å². The molecule has 2 aromatic rings. The fourth-order valence-electron chi connectivity index (χ4n) is 5.47. The van der Waals surface area contributed by atoms with Crippen molar-refractivity contribution in [2.24, 2.45) is 17.8 Å². The maximum atomic E-state index is 14.9. The first kappa shape index (κ1) is 26.3. The number of hydrogen-bond donors (Lipinski definition) is 0. The summed E-state index contributed by atoms with van der Waals surface area (Å²) in [6.45, 7) is 4.52. The van der Waals surface area contributed by atoms with Gasteiger partial charge in [0, 0.05) is 11.1 Å². The SMILES string of the molecule is CCCC1CCC(C2CC=C(C(F)=C(F)c3ccc(-c4ccc(OCC)c(F)c4F)cc3)OC2)CC1. The molecule has 0 radical (unpaired) electrons. The molecule has 0 bridgehead atoms. The number of ether oxygens (including phenoxy) is 2. The summed E-state index contributed by atoms with van der Waals surface area (Å²) in [5, 5.41) is 0. The average Bonchev–Trinajstić information content (AvgIpc) is 2.91. The normalized spacial score (nSPS) is 22.9. The summed E-state index contributed by atoms with van der Waals surface area (Å²) in [5.41, 5.74) is 0.362. The zero-order valence-corrected chi connectivity index (χ0v) is 21.0. The topological polar surface area (TPSA) is 18.5 Å². The first-order valence-electron chi connectivity index (χ1n) is 13.0. The lowest BCUT2D eigenvalue weighted by Gasteiger charge is -2.35. The molecule has 6 heteroatoms. The summed E-state index contributed by atoms with van der Waals surface area (Å²) < 4.78 is 69.3. The molecule has 1 heterocycles. The molecule has 2 aromatic carbocycles. The highest BCUT2D eigenvalue weighted by atomic mass is 19.2. The van der Waals surface area contributed by atoms with Crippen LogP contribution in [-0.4, -0.2) is 13.2 Å². The highest BCUT2D eigenvalue weighted by Gasteiger charge is 2.30. The van der Waals surface area contributed by atoms with Gasteiger partial charge in [0.2, 0.25) is 11.6 Å². The van der Waals surface area contributed by atoms with Crippen LogP contribution in [0.3, 0.4) is 0 Å². The molecule has 4 rings (SSSR count). The quantitative estimate of drug-likeness (QED) is 0.335. The zero-order valence-electron chi connectivity index (χ0n) is 21.0. The molecule has 2 nitrogen and oxygen atoms in total. The van der Waals surface area contributed by atoms with Gasteiger partial charge < -0.3 is 9.47 Å². The lowest BCUT2D eigenvalue weighted by atomic mass is 9.73. The fourth-order valence-corrected chi connectivity index (χ4v) is 5.47. The summed E-state index contributed by atoms with van der Waals surface area (Å²) in [4.78, 5) is 0. The Morgan fingerprint density at radius 2 is 1.61 bits per heavy atom. The molecular formula is C30H34F4O2. The standard InChI is InChI=1S/C30H34F4O2/c1-3-5-19-6-8-20(9-7-19)23-14-16-26(36-18-23)29(33)27(31)22-12-10-21(11-13-22)24-15-17-25(35-4-2)30(34)28(24)32/h10-13,15-17,19-20,23H,3-9,14,18H2,1-2H3. The molecule has 0 amide bonds. The van der Waals surface area contributed by atoms with Gasteiger partial charge in [0.05, 0.1) is 13.2 Å². The second-order valence-corrected chi connectivity index (χ2v) is 9.82. The van der Waals surface area contributed by atoms with Gasteiger partial charge in [-0.25, -0.2) is 8.78 Å². The van der Waals surface area contributed by atoms with Crippen molar-refractivity contribution in [1.29, 1.82) is 0 Å². The highest BCUT2D eigenvalue weighted by molar-refractivity contribution is 5.70. The summed E-state index contributed by atoms with van der Waals surface area (Å²) in [7, 11) is 0. The predicted octanol–water partition coefficient (Wildman–Crippen LogP) is 9.17. The van der Waals surface area contributed by atoms with Crippen LogP contribution < -0.4 is 4.74 Å².